The van der Waals surface area contributed by atoms with E-state index in [1.807, 2.05) is 0 Å². The monoisotopic (exact) mass is 306 g/mol. The van der Waals surface area contributed by atoms with Gasteiger partial charge in [-0.2, -0.15) is 13.2 Å². The third-order valence-electron chi connectivity index (χ3n) is 2.65. The van der Waals surface area contributed by atoms with Gasteiger partial charge in [0.25, 0.3) is 0 Å². The van der Waals surface area contributed by atoms with Crippen molar-refractivity contribution in [2.45, 2.75) is 26.4 Å². The van der Waals surface area contributed by atoms with Crippen LogP contribution < -0.4 is 4.74 Å². The quantitative estimate of drug-likeness (QED) is 0.785. The van der Waals surface area contributed by atoms with Gasteiger partial charge in [0.1, 0.15) is 12.4 Å². The van der Waals surface area contributed by atoms with E-state index in [2.05, 4.69) is 4.74 Å². The van der Waals surface area contributed by atoms with Crippen LogP contribution in [-0.4, -0.2) is 37.1 Å². The predicted molar refractivity (Wildman–Crippen MR) is 69.9 cm³/mol. The SMILES string of the molecule is Cc1cc(C(=O)O)cc(C)c1OCCCOCC(F)(F)F. The lowest BCUT2D eigenvalue weighted by molar-refractivity contribution is -0.174. The number of alkyl halides is 3. The Morgan fingerprint density at radius 1 is 1.19 bits per heavy atom. The van der Waals surface area contributed by atoms with Crippen molar-refractivity contribution in [3.05, 3.63) is 28.8 Å². The van der Waals surface area contributed by atoms with Crippen LogP contribution in [0.5, 0.6) is 5.75 Å². The van der Waals surface area contributed by atoms with E-state index in [4.69, 9.17) is 9.84 Å². The molecule has 0 aliphatic carbocycles. The van der Waals surface area contributed by atoms with E-state index in [9.17, 15) is 18.0 Å². The van der Waals surface area contributed by atoms with Crippen molar-refractivity contribution in [3.8, 4) is 5.75 Å². The number of benzene rings is 1. The largest absolute Gasteiger partial charge is 0.493 e. The first-order valence-electron chi connectivity index (χ1n) is 6.32. The molecule has 21 heavy (non-hydrogen) atoms. The second-order valence-corrected chi connectivity index (χ2v) is 4.61. The molecule has 0 aliphatic rings. The van der Waals surface area contributed by atoms with Gasteiger partial charge in [-0.1, -0.05) is 0 Å². The summed E-state index contributed by atoms with van der Waals surface area (Å²) in [6.45, 7) is 2.32. The van der Waals surface area contributed by atoms with Gasteiger partial charge in [0.05, 0.1) is 18.8 Å². The van der Waals surface area contributed by atoms with Crippen molar-refractivity contribution < 1.29 is 32.5 Å². The standard InChI is InChI=1S/C14H17F3O4/c1-9-6-11(13(18)19)7-10(2)12(9)21-5-3-4-20-8-14(15,16)17/h6-7H,3-5,8H2,1-2H3,(H,18,19). The lowest BCUT2D eigenvalue weighted by Crippen LogP contribution is -2.18. The first-order valence-corrected chi connectivity index (χ1v) is 6.32. The Balaban J connectivity index is 2.44. The molecule has 7 heteroatoms. The van der Waals surface area contributed by atoms with E-state index in [1.165, 1.54) is 12.1 Å². The minimum absolute atomic E-state index is 0.0508. The number of aromatic carboxylic acids is 1. The molecule has 0 fully saturated rings. The maximum absolute atomic E-state index is 11.8. The van der Waals surface area contributed by atoms with E-state index < -0.39 is 18.8 Å². The molecule has 4 nitrogen and oxygen atoms in total. The zero-order valence-electron chi connectivity index (χ0n) is 11.8. The van der Waals surface area contributed by atoms with Crippen LogP contribution in [0.25, 0.3) is 0 Å². The lowest BCUT2D eigenvalue weighted by Gasteiger charge is -2.13. The number of hydrogen-bond donors (Lipinski definition) is 1. The van der Waals surface area contributed by atoms with Gasteiger partial charge in [0, 0.05) is 6.42 Å². The summed E-state index contributed by atoms with van der Waals surface area (Å²) in [4.78, 5) is 10.9. The highest BCUT2D eigenvalue weighted by molar-refractivity contribution is 5.88. The summed E-state index contributed by atoms with van der Waals surface area (Å²) in [7, 11) is 0. The molecule has 1 N–H and O–H groups in total. The number of carbonyl (C=O) groups is 1. The van der Waals surface area contributed by atoms with E-state index >= 15 is 0 Å². The Bertz CT molecular complexity index is 474. The summed E-state index contributed by atoms with van der Waals surface area (Å²) in [5.41, 5.74) is 1.51. The van der Waals surface area contributed by atoms with Gasteiger partial charge in [0.15, 0.2) is 0 Å². The number of carboxylic acid groups (broad SMARTS) is 1. The summed E-state index contributed by atoms with van der Waals surface area (Å²) in [5.74, 6) is -0.468. The second kappa shape index (κ2) is 7.31. The van der Waals surface area contributed by atoms with Gasteiger partial charge in [0.2, 0.25) is 0 Å². The molecule has 0 amide bonds. The number of rotatable bonds is 7. The molecule has 0 spiro atoms. The maximum atomic E-state index is 11.8. The molecular weight excluding hydrogens is 289 g/mol. The number of ether oxygens (including phenoxy) is 2. The Hall–Kier alpha value is -1.76. The summed E-state index contributed by atoms with van der Waals surface area (Å²) in [5, 5.41) is 8.91. The van der Waals surface area contributed by atoms with Crippen molar-refractivity contribution in [2.24, 2.45) is 0 Å². The molecule has 0 saturated carbocycles. The zero-order valence-corrected chi connectivity index (χ0v) is 11.8. The molecule has 118 valence electrons. The zero-order chi connectivity index (χ0) is 16.0. The molecule has 1 aromatic carbocycles. The Morgan fingerprint density at radius 3 is 2.24 bits per heavy atom. The van der Waals surface area contributed by atoms with Crippen LogP contribution >= 0.6 is 0 Å². The third-order valence-corrected chi connectivity index (χ3v) is 2.65. The Kier molecular flexibility index (Phi) is 6.02. The van der Waals surface area contributed by atoms with Crippen LogP contribution in [0.2, 0.25) is 0 Å². The van der Waals surface area contributed by atoms with Gasteiger partial charge in [-0.3, -0.25) is 0 Å². The second-order valence-electron chi connectivity index (χ2n) is 4.61. The average molecular weight is 306 g/mol. The maximum Gasteiger partial charge on any atom is 0.411 e. The Labute approximate surface area is 120 Å². The number of halogens is 3. The fourth-order valence-corrected chi connectivity index (χ4v) is 1.82. The first-order chi connectivity index (χ1) is 9.70. The van der Waals surface area contributed by atoms with Crippen molar-refractivity contribution in [1.82, 2.24) is 0 Å². The Morgan fingerprint density at radius 2 is 1.76 bits per heavy atom. The van der Waals surface area contributed by atoms with E-state index in [-0.39, 0.29) is 18.8 Å². The highest BCUT2D eigenvalue weighted by atomic mass is 19.4. The van der Waals surface area contributed by atoms with Crippen molar-refractivity contribution in [3.63, 3.8) is 0 Å². The van der Waals surface area contributed by atoms with Crippen LogP contribution in [0.1, 0.15) is 27.9 Å². The fraction of sp³-hybridized carbons (Fsp3) is 0.500. The third kappa shape index (κ3) is 6.03. The molecule has 0 bridgehead atoms. The first kappa shape index (κ1) is 17.3. The van der Waals surface area contributed by atoms with E-state index in [1.54, 1.807) is 13.8 Å². The molecule has 0 radical (unpaired) electrons. The molecule has 0 unspecified atom stereocenters. The number of hydrogen-bond acceptors (Lipinski definition) is 3. The summed E-state index contributed by atoms with van der Waals surface area (Å²) < 4.78 is 45.4. The lowest BCUT2D eigenvalue weighted by atomic mass is 10.1. The highest BCUT2D eigenvalue weighted by Crippen LogP contribution is 2.25. The number of carboxylic acids is 1. The summed E-state index contributed by atoms with van der Waals surface area (Å²) in [6, 6.07) is 2.98. The molecule has 0 aromatic heterocycles. The topological polar surface area (TPSA) is 55.8 Å². The normalized spacial score (nSPS) is 11.5. The molecule has 1 rings (SSSR count). The van der Waals surface area contributed by atoms with Gasteiger partial charge in [-0.05, 0) is 37.1 Å². The minimum atomic E-state index is -4.32. The van der Waals surface area contributed by atoms with Gasteiger partial charge >= 0.3 is 12.1 Å². The van der Waals surface area contributed by atoms with Crippen molar-refractivity contribution in [2.75, 3.05) is 19.8 Å². The van der Waals surface area contributed by atoms with Gasteiger partial charge < -0.3 is 14.6 Å². The van der Waals surface area contributed by atoms with Crippen LogP contribution in [-0.2, 0) is 4.74 Å². The van der Waals surface area contributed by atoms with E-state index in [0.717, 1.165) is 0 Å². The number of aryl methyl sites for hydroxylation is 2. The fourth-order valence-electron chi connectivity index (χ4n) is 1.82. The summed E-state index contributed by atoms with van der Waals surface area (Å²) in [6.07, 6.45) is -4.00. The molecule has 0 saturated heterocycles. The van der Waals surface area contributed by atoms with Crippen LogP contribution in [0.4, 0.5) is 13.2 Å². The van der Waals surface area contributed by atoms with Gasteiger partial charge in [-0.15, -0.1) is 0 Å². The smallest absolute Gasteiger partial charge is 0.411 e. The molecular formula is C14H17F3O4. The summed E-state index contributed by atoms with van der Waals surface area (Å²) >= 11 is 0. The minimum Gasteiger partial charge on any atom is -0.493 e. The van der Waals surface area contributed by atoms with Crippen LogP contribution in [0.15, 0.2) is 12.1 Å². The molecule has 0 atom stereocenters. The van der Waals surface area contributed by atoms with E-state index in [0.29, 0.717) is 23.3 Å². The van der Waals surface area contributed by atoms with Crippen molar-refractivity contribution in [1.29, 1.82) is 0 Å². The molecule has 0 heterocycles. The highest BCUT2D eigenvalue weighted by Gasteiger charge is 2.27. The average Bonchev–Trinajstić information content (AvgIpc) is 2.34. The van der Waals surface area contributed by atoms with Crippen LogP contribution in [0.3, 0.4) is 0 Å². The predicted octanol–water partition coefficient (Wildman–Crippen LogP) is 3.35. The molecule has 0 aliphatic heterocycles. The van der Waals surface area contributed by atoms with Gasteiger partial charge in [-0.25, -0.2) is 4.79 Å². The van der Waals surface area contributed by atoms with Crippen LogP contribution in [0, 0.1) is 13.8 Å². The van der Waals surface area contributed by atoms with Crippen molar-refractivity contribution >= 4 is 5.97 Å². The molecule has 1 aromatic rings.